The van der Waals surface area contributed by atoms with Gasteiger partial charge in [0.2, 0.25) is 0 Å². The lowest BCUT2D eigenvalue weighted by Gasteiger charge is -2.34. The second-order valence-corrected chi connectivity index (χ2v) is 9.82. The Morgan fingerprint density at radius 3 is 2.40 bits per heavy atom. The summed E-state index contributed by atoms with van der Waals surface area (Å²) in [7, 11) is 3.13. The monoisotopic (exact) mass is 538 g/mol. The first-order chi connectivity index (χ1) is 19.4. The number of carbonyl (C=O) groups is 1. The van der Waals surface area contributed by atoms with Crippen LogP contribution in [-0.4, -0.2) is 34.7 Å². The first kappa shape index (κ1) is 25.2. The van der Waals surface area contributed by atoms with Crippen LogP contribution in [-0.2, 0) is 4.79 Å². The second-order valence-electron chi connectivity index (χ2n) is 9.82. The van der Waals surface area contributed by atoms with Gasteiger partial charge >= 0.3 is 0 Å². The second kappa shape index (κ2) is 9.88. The van der Waals surface area contributed by atoms with E-state index < -0.39 is 10.8 Å². The van der Waals surface area contributed by atoms with E-state index in [1.54, 1.807) is 38.5 Å². The standard InChI is InChI=1S/C30H26N4O6/c1-39-24-12-11-17(16-25(24)40-2)19-14-22-27(23(35)15-19)26(18-7-6-10-21(13-18)34(37)38)28-29(31-22)32-33(30(28)36)20-8-4-3-5-9-20/h3-13,16,19,26,31-32H,14-15H2,1-2H3/t19-,26-/m0/s1. The van der Waals surface area contributed by atoms with Gasteiger partial charge in [0.1, 0.15) is 5.82 Å². The van der Waals surface area contributed by atoms with Gasteiger partial charge in [-0.15, -0.1) is 0 Å². The quantitative estimate of drug-likeness (QED) is 0.260. The number of hydrogen-bond acceptors (Lipinski definition) is 7. The third-order valence-electron chi connectivity index (χ3n) is 7.60. The van der Waals surface area contributed by atoms with Gasteiger partial charge in [0.05, 0.1) is 30.4 Å². The Kier molecular flexibility index (Phi) is 6.22. The molecule has 0 saturated heterocycles. The Hall–Kier alpha value is -5.12. The summed E-state index contributed by atoms with van der Waals surface area (Å²) in [6, 6.07) is 20.9. The fourth-order valence-corrected chi connectivity index (χ4v) is 5.75. The van der Waals surface area contributed by atoms with Crippen LogP contribution in [0.25, 0.3) is 5.69 Å². The maximum Gasteiger partial charge on any atom is 0.277 e. The van der Waals surface area contributed by atoms with E-state index in [2.05, 4.69) is 10.4 Å². The van der Waals surface area contributed by atoms with Gasteiger partial charge in [-0.1, -0.05) is 36.4 Å². The number of nitrogens with one attached hydrogen (secondary N) is 2. The Bertz CT molecular complexity index is 1740. The number of para-hydroxylation sites is 1. The van der Waals surface area contributed by atoms with E-state index in [1.165, 1.54) is 16.8 Å². The fraction of sp³-hybridized carbons (Fsp3) is 0.200. The number of nitro benzene ring substituents is 1. The molecule has 2 N–H and O–H groups in total. The van der Waals surface area contributed by atoms with Crippen LogP contribution >= 0.6 is 0 Å². The van der Waals surface area contributed by atoms with Crippen LogP contribution in [0.4, 0.5) is 11.5 Å². The summed E-state index contributed by atoms with van der Waals surface area (Å²) < 4.78 is 12.3. The van der Waals surface area contributed by atoms with Gasteiger partial charge in [-0.25, -0.2) is 4.68 Å². The molecular formula is C30H26N4O6. The van der Waals surface area contributed by atoms with Crippen LogP contribution in [0.2, 0.25) is 0 Å². The van der Waals surface area contributed by atoms with Gasteiger partial charge in [0, 0.05) is 35.7 Å². The summed E-state index contributed by atoms with van der Waals surface area (Å²) in [5.74, 6) is 0.601. The molecule has 6 rings (SSSR count). The molecule has 0 bridgehead atoms. The molecule has 2 heterocycles. The fourth-order valence-electron chi connectivity index (χ4n) is 5.75. The summed E-state index contributed by atoms with van der Waals surface area (Å²) in [5.41, 5.74) is 3.13. The minimum absolute atomic E-state index is 0.106. The van der Waals surface area contributed by atoms with Crippen LogP contribution in [0.3, 0.4) is 0 Å². The van der Waals surface area contributed by atoms with E-state index in [4.69, 9.17) is 9.47 Å². The van der Waals surface area contributed by atoms with E-state index >= 15 is 0 Å². The third kappa shape index (κ3) is 4.14. The van der Waals surface area contributed by atoms with Gasteiger partial charge in [-0.2, -0.15) is 0 Å². The Morgan fingerprint density at radius 1 is 0.900 bits per heavy atom. The number of aromatic nitrogens is 2. The first-order valence-electron chi connectivity index (χ1n) is 12.8. The van der Waals surface area contributed by atoms with Gasteiger partial charge in [-0.3, -0.25) is 24.8 Å². The molecule has 0 amide bonds. The number of non-ortho nitro benzene ring substituents is 1. The van der Waals surface area contributed by atoms with Crippen LogP contribution in [0.1, 0.15) is 41.4 Å². The van der Waals surface area contributed by atoms with Crippen LogP contribution in [0.5, 0.6) is 11.5 Å². The van der Waals surface area contributed by atoms with Crippen molar-refractivity contribution in [1.82, 2.24) is 9.78 Å². The normalized spacial score (nSPS) is 18.0. The molecule has 2 atom stereocenters. The van der Waals surface area contributed by atoms with Crippen molar-refractivity contribution in [2.24, 2.45) is 0 Å². The van der Waals surface area contributed by atoms with Crippen molar-refractivity contribution in [1.29, 1.82) is 0 Å². The molecule has 0 radical (unpaired) electrons. The summed E-state index contributed by atoms with van der Waals surface area (Å²) in [5, 5.41) is 18.1. The van der Waals surface area contributed by atoms with E-state index in [1.807, 2.05) is 36.4 Å². The highest BCUT2D eigenvalue weighted by Gasteiger charge is 2.41. The smallest absolute Gasteiger partial charge is 0.277 e. The van der Waals surface area contributed by atoms with Gasteiger partial charge in [-0.05, 0) is 47.7 Å². The molecule has 0 unspecified atom stereocenters. The number of nitrogens with zero attached hydrogens (tertiary/aromatic N) is 2. The number of methoxy groups -OCH3 is 2. The van der Waals surface area contributed by atoms with Crippen LogP contribution in [0, 0.1) is 10.1 Å². The zero-order valence-corrected chi connectivity index (χ0v) is 21.8. The number of allylic oxidation sites excluding steroid dienone is 2. The van der Waals surface area contributed by atoms with E-state index in [9.17, 15) is 19.7 Å². The minimum atomic E-state index is -0.765. The van der Waals surface area contributed by atoms with E-state index in [0.717, 1.165) is 5.56 Å². The lowest BCUT2D eigenvalue weighted by atomic mass is 9.72. The molecule has 40 heavy (non-hydrogen) atoms. The molecule has 1 aliphatic carbocycles. The molecule has 3 aromatic carbocycles. The number of aromatic amines is 1. The molecule has 0 fully saturated rings. The van der Waals surface area contributed by atoms with E-state index in [0.29, 0.717) is 51.8 Å². The number of Topliss-reactive ketones (excluding diaryl/α,β-unsaturated/α-hetero) is 1. The summed E-state index contributed by atoms with van der Waals surface area (Å²) in [4.78, 5) is 38.8. The van der Waals surface area contributed by atoms with Crippen molar-refractivity contribution < 1.29 is 19.2 Å². The number of ketones is 1. The molecule has 0 saturated carbocycles. The topological polar surface area (TPSA) is 128 Å². The highest BCUT2D eigenvalue weighted by atomic mass is 16.6. The molecule has 0 spiro atoms. The largest absolute Gasteiger partial charge is 0.493 e. The van der Waals surface area contributed by atoms with Crippen molar-refractivity contribution in [2.45, 2.75) is 24.7 Å². The lowest BCUT2D eigenvalue weighted by molar-refractivity contribution is -0.384. The Balaban J connectivity index is 1.49. The molecule has 1 aliphatic heterocycles. The number of ether oxygens (including phenoxy) is 2. The SMILES string of the molecule is COc1ccc([C@@H]2CC(=O)C3=C(C2)Nc2[nH]n(-c4ccccc4)c(=O)c2[C@H]3c2cccc([N+](=O)[O-])c2)cc1OC. The number of carbonyl (C=O) groups excluding carboxylic acids is 1. The molecular weight excluding hydrogens is 512 g/mol. The Morgan fingerprint density at radius 2 is 1.68 bits per heavy atom. The average Bonchev–Trinajstić information content (AvgIpc) is 3.31. The lowest BCUT2D eigenvalue weighted by Crippen LogP contribution is -2.32. The number of rotatable bonds is 6. The number of nitro groups is 1. The number of fused-ring (bicyclic) bond motifs is 1. The van der Waals surface area contributed by atoms with Gasteiger partial charge in [0.15, 0.2) is 17.3 Å². The molecule has 10 nitrogen and oxygen atoms in total. The predicted molar refractivity (Wildman–Crippen MR) is 149 cm³/mol. The van der Waals surface area contributed by atoms with Crippen LogP contribution in [0.15, 0.2) is 88.9 Å². The number of hydrogen-bond donors (Lipinski definition) is 2. The summed E-state index contributed by atoms with van der Waals surface area (Å²) in [6.07, 6.45) is 0.716. The molecule has 1 aromatic heterocycles. The number of anilines is 1. The number of H-pyrrole nitrogens is 1. The van der Waals surface area contributed by atoms with Gasteiger partial charge < -0.3 is 14.8 Å². The van der Waals surface area contributed by atoms with Gasteiger partial charge in [0.25, 0.3) is 11.2 Å². The van der Waals surface area contributed by atoms with Crippen molar-refractivity contribution in [3.05, 3.63) is 121 Å². The zero-order chi connectivity index (χ0) is 28.0. The summed E-state index contributed by atoms with van der Waals surface area (Å²) >= 11 is 0. The Labute approximate surface area is 229 Å². The van der Waals surface area contributed by atoms with Crippen molar-refractivity contribution in [3.63, 3.8) is 0 Å². The number of benzene rings is 3. The molecule has 4 aromatic rings. The highest BCUT2D eigenvalue weighted by molar-refractivity contribution is 6.01. The van der Waals surface area contributed by atoms with Crippen molar-refractivity contribution >= 4 is 17.3 Å². The van der Waals surface area contributed by atoms with Crippen molar-refractivity contribution in [2.75, 3.05) is 19.5 Å². The zero-order valence-electron chi connectivity index (χ0n) is 21.8. The first-order valence-corrected chi connectivity index (χ1v) is 12.8. The predicted octanol–water partition coefficient (Wildman–Crippen LogP) is 5.05. The maximum absolute atomic E-state index is 13.9. The molecule has 10 heteroatoms. The maximum atomic E-state index is 13.9. The third-order valence-corrected chi connectivity index (χ3v) is 7.60. The van der Waals surface area contributed by atoms with Crippen molar-refractivity contribution in [3.8, 4) is 17.2 Å². The van der Waals surface area contributed by atoms with E-state index in [-0.39, 0.29) is 29.4 Å². The van der Waals surface area contributed by atoms with Crippen LogP contribution < -0.4 is 20.3 Å². The summed E-state index contributed by atoms with van der Waals surface area (Å²) in [6.45, 7) is 0. The minimum Gasteiger partial charge on any atom is -0.493 e. The molecule has 202 valence electrons. The molecule has 2 aliphatic rings. The average molecular weight is 539 g/mol. The highest BCUT2D eigenvalue weighted by Crippen LogP contribution is 2.47.